The molecule has 4 heteroatoms. The fraction of sp³-hybridized carbons (Fsp3) is 0.800. The Kier molecular flexibility index (Phi) is 12.3. The molecule has 0 saturated carbocycles. The molecule has 0 unspecified atom stereocenters. The van der Waals surface area contributed by atoms with Crippen LogP contribution in [0.1, 0.15) is 91.9 Å². The summed E-state index contributed by atoms with van der Waals surface area (Å²) in [6.45, 7) is 5.98. The van der Waals surface area contributed by atoms with E-state index in [2.05, 4.69) is 0 Å². The highest BCUT2D eigenvalue weighted by atomic mass is 16.2. The predicted octanol–water partition coefficient (Wildman–Crippen LogP) is 4.48. The van der Waals surface area contributed by atoms with E-state index < -0.39 is 11.8 Å². The molecular formula is C20H34O4. The lowest BCUT2D eigenvalue weighted by molar-refractivity contribution is -0.132. The van der Waals surface area contributed by atoms with Gasteiger partial charge in [0.25, 0.3) is 0 Å². The van der Waals surface area contributed by atoms with Crippen molar-refractivity contribution in [2.75, 3.05) is 0 Å². The molecule has 0 bridgehead atoms. The topological polar surface area (TPSA) is 68.3 Å². The highest BCUT2D eigenvalue weighted by Gasteiger charge is 2.19. The third-order valence-electron chi connectivity index (χ3n) is 4.70. The van der Waals surface area contributed by atoms with Gasteiger partial charge >= 0.3 is 0 Å². The molecule has 0 aliphatic rings. The average molecular weight is 338 g/mol. The Morgan fingerprint density at radius 1 is 0.458 bits per heavy atom. The van der Waals surface area contributed by atoms with Gasteiger partial charge in [0.2, 0.25) is 0 Å². The van der Waals surface area contributed by atoms with Gasteiger partial charge in [-0.15, -0.1) is 0 Å². The van der Waals surface area contributed by atoms with E-state index in [0.29, 0.717) is 12.8 Å². The van der Waals surface area contributed by atoms with Crippen LogP contribution in [0.15, 0.2) is 0 Å². The molecule has 4 nitrogen and oxygen atoms in total. The molecule has 0 heterocycles. The molecule has 0 N–H and O–H groups in total. The maximum atomic E-state index is 11.3. The average Bonchev–Trinajstić information content (AvgIpc) is 2.46. The Morgan fingerprint density at radius 3 is 0.875 bits per heavy atom. The third kappa shape index (κ3) is 10.5. The molecule has 0 radical (unpaired) electrons. The van der Waals surface area contributed by atoms with Gasteiger partial charge in [-0.1, -0.05) is 51.4 Å². The van der Waals surface area contributed by atoms with Gasteiger partial charge in [-0.25, -0.2) is 0 Å². The second-order valence-corrected chi connectivity index (χ2v) is 6.95. The number of Topliss-reactive ketones (excluding diaryl/α,β-unsaturated/α-hetero) is 4. The molecule has 0 aliphatic heterocycles. The molecule has 0 aliphatic carbocycles. The minimum Gasteiger partial charge on any atom is -0.299 e. The molecular weight excluding hydrogens is 304 g/mol. The van der Waals surface area contributed by atoms with Crippen molar-refractivity contribution in [2.24, 2.45) is 11.8 Å². The maximum Gasteiger partial charge on any atom is 0.140 e. The van der Waals surface area contributed by atoms with Crippen molar-refractivity contribution < 1.29 is 19.2 Å². The second-order valence-electron chi connectivity index (χ2n) is 6.95. The standard InChI is InChI=1S/C20H34O4/c1-15(21)19(16(2)22)13-11-9-7-5-6-8-10-12-14-20(17(3)23)18(4)24/h19-20H,5-14H2,1-4H3. The maximum absolute atomic E-state index is 11.3. The third-order valence-corrected chi connectivity index (χ3v) is 4.70. The first-order valence-corrected chi connectivity index (χ1v) is 9.29. The van der Waals surface area contributed by atoms with E-state index in [9.17, 15) is 19.2 Å². The highest BCUT2D eigenvalue weighted by Crippen LogP contribution is 2.16. The van der Waals surface area contributed by atoms with Crippen LogP contribution in [0.5, 0.6) is 0 Å². The summed E-state index contributed by atoms with van der Waals surface area (Å²) < 4.78 is 0. The first-order chi connectivity index (χ1) is 11.3. The highest BCUT2D eigenvalue weighted by molar-refractivity contribution is 6.00. The zero-order valence-electron chi connectivity index (χ0n) is 15.9. The summed E-state index contributed by atoms with van der Waals surface area (Å²) in [5, 5.41) is 0. The minimum atomic E-state index is -0.402. The summed E-state index contributed by atoms with van der Waals surface area (Å²) >= 11 is 0. The molecule has 0 aromatic heterocycles. The van der Waals surface area contributed by atoms with Crippen LogP contribution in [0, 0.1) is 11.8 Å². The monoisotopic (exact) mass is 338 g/mol. The number of carbonyl (C=O) groups is 4. The lowest BCUT2D eigenvalue weighted by Crippen LogP contribution is -2.19. The first-order valence-electron chi connectivity index (χ1n) is 9.29. The smallest absolute Gasteiger partial charge is 0.140 e. The van der Waals surface area contributed by atoms with Gasteiger partial charge in [-0.3, -0.25) is 19.2 Å². The Morgan fingerprint density at radius 2 is 0.667 bits per heavy atom. The van der Waals surface area contributed by atoms with E-state index in [4.69, 9.17) is 0 Å². The van der Waals surface area contributed by atoms with Gasteiger partial charge in [-0.2, -0.15) is 0 Å². The minimum absolute atomic E-state index is 0.0167. The lowest BCUT2D eigenvalue weighted by Gasteiger charge is -2.10. The van der Waals surface area contributed by atoms with E-state index in [1.54, 1.807) is 0 Å². The molecule has 0 atom stereocenters. The molecule has 0 aromatic carbocycles. The fourth-order valence-corrected chi connectivity index (χ4v) is 3.14. The van der Waals surface area contributed by atoms with Gasteiger partial charge in [0.15, 0.2) is 0 Å². The summed E-state index contributed by atoms with van der Waals surface area (Å²) in [4.78, 5) is 45.3. The largest absolute Gasteiger partial charge is 0.299 e. The van der Waals surface area contributed by atoms with E-state index in [0.717, 1.165) is 51.4 Å². The molecule has 0 aromatic rings. The van der Waals surface area contributed by atoms with Crippen LogP contribution in [-0.2, 0) is 19.2 Å². The van der Waals surface area contributed by atoms with Crippen LogP contribution in [0.3, 0.4) is 0 Å². The Balaban J connectivity index is 3.58. The Labute approximate surface area is 146 Å². The summed E-state index contributed by atoms with van der Waals surface area (Å²) in [7, 11) is 0. The number of hydrogen-bond acceptors (Lipinski definition) is 4. The summed E-state index contributed by atoms with van der Waals surface area (Å²) in [5.41, 5.74) is 0. The van der Waals surface area contributed by atoms with E-state index >= 15 is 0 Å². The van der Waals surface area contributed by atoms with Crippen molar-refractivity contribution in [1.82, 2.24) is 0 Å². The number of unbranched alkanes of at least 4 members (excludes halogenated alkanes) is 7. The number of hydrogen-bond donors (Lipinski definition) is 0. The van der Waals surface area contributed by atoms with E-state index in [1.807, 2.05) is 0 Å². The van der Waals surface area contributed by atoms with E-state index in [1.165, 1.54) is 27.7 Å². The summed E-state index contributed by atoms with van der Waals surface area (Å²) in [6.07, 6.45) is 9.94. The van der Waals surface area contributed by atoms with Crippen LogP contribution >= 0.6 is 0 Å². The first kappa shape index (κ1) is 22.7. The quantitative estimate of drug-likeness (QED) is 0.326. The van der Waals surface area contributed by atoms with Gasteiger partial charge in [0, 0.05) is 0 Å². The molecule has 0 amide bonds. The van der Waals surface area contributed by atoms with Gasteiger partial charge < -0.3 is 0 Å². The molecule has 0 spiro atoms. The van der Waals surface area contributed by atoms with Crippen molar-refractivity contribution in [3.05, 3.63) is 0 Å². The fourth-order valence-electron chi connectivity index (χ4n) is 3.14. The number of rotatable bonds is 15. The van der Waals surface area contributed by atoms with Crippen LogP contribution in [0.4, 0.5) is 0 Å². The molecule has 0 rings (SSSR count). The van der Waals surface area contributed by atoms with Crippen molar-refractivity contribution in [3.63, 3.8) is 0 Å². The molecule has 0 fully saturated rings. The van der Waals surface area contributed by atoms with Crippen LogP contribution in [0.25, 0.3) is 0 Å². The van der Waals surface area contributed by atoms with Crippen molar-refractivity contribution >= 4 is 23.1 Å². The lowest BCUT2D eigenvalue weighted by atomic mass is 9.93. The number of ketones is 4. The van der Waals surface area contributed by atoms with Gasteiger partial charge in [-0.05, 0) is 40.5 Å². The van der Waals surface area contributed by atoms with Crippen LogP contribution in [-0.4, -0.2) is 23.1 Å². The van der Waals surface area contributed by atoms with Crippen LogP contribution in [0.2, 0.25) is 0 Å². The Hall–Kier alpha value is -1.32. The zero-order chi connectivity index (χ0) is 18.5. The molecule has 24 heavy (non-hydrogen) atoms. The predicted molar refractivity (Wildman–Crippen MR) is 95.9 cm³/mol. The number of carbonyl (C=O) groups excluding carboxylic acids is 4. The summed E-state index contributed by atoms with van der Waals surface area (Å²) in [6, 6.07) is 0. The Bertz CT molecular complexity index is 357. The van der Waals surface area contributed by atoms with Crippen LogP contribution < -0.4 is 0 Å². The zero-order valence-corrected chi connectivity index (χ0v) is 15.9. The SMILES string of the molecule is CC(=O)C(CCCCCCCCCCC(C(C)=O)C(C)=O)C(C)=O. The van der Waals surface area contributed by atoms with Crippen molar-refractivity contribution in [1.29, 1.82) is 0 Å². The molecule has 0 saturated heterocycles. The molecule has 138 valence electrons. The summed E-state index contributed by atoms with van der Waals surface area (Å²) in [5.74, 6) is -0.872. The van der Waals surface area contributed by atoms with E-state index in [-0.39, 0.29) is 23.1 Å². The normalized spacial score (nSPS) is 11.1. The second kappa shape index (κ2) is 13.0. The van der Waals surface area contributed by atoms with Gasteiger partial charge in [0.05, 0.1) is 11.8 Å². The van der Waals surface area contributed by atoms with Crippen molar-refractivity contribution in [2.45, 2.75) is 91.9 Å². The van der Waals surface area contributed by atoms with Crippen molar-refractivity contribution in [3.8, 4) is 0 Å². The van der Waals surface area contributed by atoms with Gasteiger partial charge in [0.1, 0.15) is 23.1 Å².